The SMILES string of the molecule is CCO[Si](CCc1c(C)ccc(OC)c1C)(OCC)OCC. The lowest BCUT2D eigenvalue weighted by Crippen LogP contribution is -2.46. The minimum atomic E-state index is -2.59. The van der Waals surface area contributed by atoms with Gasteiger partial charge in [-0.05, 0) is 63.8 Å². The number of rotatable bonds is 10. The van der Waals surface area contributed by atoms with Crippen molar-refractivity contribution in [2.75, 3.05) is 26.9 Å². The molecular formula is C17H30O4Si. The van der Waals surface area contributed by atoms with Crippen LogP contribution in [-0.2, 0) is 19.7 Å². The first-order valence-electron chi connectivity index (χ1n) is 8.08. The summed E-state index contributed by atoms with van der Waals surface area (Å²) in [6.07, 6.45) is 0.876. The van der Waals surface area contributed by atoms with Gasteiger partial charge in [0.25, 0.3) is 0 Å². The van der Waals surface area contributed by atoms with Gasteiger partial charge in [0.1, 0.15) is 5.75 Å². The summed E-state index contributed by atoms with van der Waals surface area (Å²) < 4.78 is 23.2. The summed E-state index contributed by atoms with van der Waals surface area (Å²) in [6.45, 7) is 12.0. The van der Waals surface area contributed by atoms with Gasteiger partial charge in [0, 0.05) is 25.9 Å². The lowest BCUT2D eigenvalue weighted by molar-refractivity contribution is 0.0714. The van der Waals surface area contributed by atoms with Gasteiger partial charge in [-0.25, -0.2) is 0 Å². The van der Waals surface area contributed by atoms with Crippen LogP contribution in [0.25, 0.3) is 0 Å². The van der Waals surface area contributed by atoms with Gasteiger partial charge in [0.05, 0.1) is 7.11 Å². The molecule has 5 heteroatoms. The molecule has 126 valence electrons. The molecule has 0 saturated heterocycles. The van der Waals surface area contributed by atoms with Gasteiger partial charge in [-0.2, -0.15) is 0 Å². The van der Waals surface area contributed by atoms with Crippen molar-refractivity contribution in [3.8, 4) is 5.75 Å². The summed E-state index contributed by atoms with van der Waals surface area (Å²) >= 11 is 0. The molecule has 1 rings (SSSR count). The van der Waals surface area contributed by atoms with Crippen molar-refractivity contribution >= 4 is 8.80 Å². The van der Waals surface area contributed by atoms with E-state index in [1.54, 1.807) is 7.11 Å². The minimum absolute atomic E-state index is 0.613. The first-order chi connectivity index (χ1) is 10.5. The minimum Gasteiger partial charge on any atom is -0.496 e. The molecule has 0 aromatic heterocycles. The van der Waals surface area contributed by atoms with Crippen molar-refractivity contribution in [2.45, 2.75) is 47.1 Å². The zero-order valence-electron chi connectivity index (χ0n) is 14.8. The maximum atomic E-state index is 5.93. The second kappa shape index (κ2) is 9.30. The Morgan fingerprint density at radius 2 is 1.45 bits per heavy atom. The van der Waals surface area contributed by atoms with Gasteiger partial charge in [0.15, 0.2) is 0 Å². The summed E-state index contributed by atoms with van der Waals surface area (Å²) in [5, 5.41) is 0. The summed E-state index contributed by atoms with van der Waals surface area (Å²) in [5.41, 5.74) is 3.76. The van der Waals surface area contributed by atoms with Crippen molar-refractivity contribution < 1.29 is 18.0 Å². The smallest absolute Gasteiger partial charge is 0.496 e. The summed E-state index contributed by atoms with van der Waals surface area (Å²) in [7, 11) is -0.883. The third kappa shape index (κ3) is 4.81. The second-order valence-electron chi connectivity index (χ2n) is 5.17. The fourth-order valence-electron chi connectivity index (χ4n) is 2.76. The molecule has 0 spiro atoms. The van der Waals surface area contributed by atoms with Crippen molar-refractivity contribution in [1.82, 2.24) is 0 Å². The highest BCUT2D eigenvalue weighted by Gasteiger charge is 2.40. The predicted molar refractivity (Wildman–Crippen MR) is 91.6 cm³/mol. The normalized spacial score (nSPS) is 11.7. The average Bonchev–Trinajstić information content (AvgIpc) is 2.48. The van der Waals surface area contributed by atoms with Crippen LogP contribution in [0.3, 0.4) is 0 Å². The Morgan fingerprint density at radius 3 is 1.91 bits per heavy atom. The summed E-state index contributed by atoms with van der Waals surface area (Å²) in [4.78, 5) is 0. The van der Waals surface area contributed by atoms with E-state index in [0.717, 1.165) is 18.2 Å². The number of ether oxygens (including phenoxy) is 1. The van der Waals surface area contributed by atoms with E-state index < -0.39 is 8.80 Å². The molecule has 0 amide bonds. The van der Waals surface area contributed by atoms with Crippen LogP contribution in [0.4, 0.5) is 0 Å². The third-order valence-corrected chi connectivity index (χ3v) is 6.82. The number of benzene rings is 1. The van der Waals surface area contributed by atoms with Crippen LogP contribution in [-0.4, -0.2) is 35.7 Å². The van der Waals surface area contributed by atoms with Crippen LogP contribution in [0.5, 0.6) is 5.75 Å². The zero-order valence-corrected chi connectivity index (χ0v) is 15.8. The van der Waals surface area contributed by atoms with Crippen LogP contribution >= 0.6 is 0 Å². The van der Waals surface area contributed by atoms with Gasteiger partial charge in [-0.3, -0.25) is 0 Å². The van der Waals surface area contributed by atoms with Crippen LogP contribution in [0.15, 0.2) is 12.1 Å². The third-order valence-electron chi connectivity index (χ3n) is 3.78. The van der Waals surface area contributed by atoms with E-state index >= 15 is 0 Å². The van der Waals surface area contributed by atoms with E-state index in [0.29, 0.717) is 19.8 Å². The van der Waals surface area contributed by atoms with Crippen molar-refractivity contribution in [1.29, 1.82) is 0 Å². The van der Waals surface area contributed by atoms with Crippen LogP contribution in [0.1, 0.15) is 37.5 Å². The van der Waals surface area contributed by atoms with Gasteiger partial charge < -0.3 is 18.0 Å². The number of methoxy groups -OCH3 is 1. The largest absolute Gasteiger partial charge is 0.501 e. The standard InChI is InChI=1S/C17H30O4Si/c1-7-19-22(20-8-2,21-9-3)13-12-16-14(4)10-11-17(18-6)15(16)5/h10-11H,7-9,12-13H2,1-6H3. The van der Waals surface area contributed by atoms with Crippen molar-refractivity contribution in [3.63, 3.8) is 0 Å². The molecule has 0 atom stereocenters. The molecule has 4 nitrogen and oxygen atoms in total. The van der Waals surface area contributed by atoms with Gasteiger partial charge in [0.2, 0.25) is 0 Å². The molecule has 0 saturated carbocycles. The average molecular weight is 327 g/mol. The molecule has 0 aliphatic heterocycles. The van der Waals surface area contributed by atoms with E-state index in [1.807, 2.05) is 26.8 Å². The fraction of sp³-hybridized carbons (Fsp3) is 0.647. The molecule has 0 aliphatic rings. The van der Waals surface area contributed by atoms with Crippen LogP contribution in [0, 0.1) is 13.8 Å². The van der Waals surface area contributed by atoms with E-state index in [1.165, 1.54) is 16.7 Å². The molecule has 1 aromatic rings. The molecule has 1 aromatic carbocycles. The maximum Gasteiger partial charge on any atom is 0.501 e. The van der Waals surface area contributed by atoms with Gasteiger partial charge in [-0.1, -0.05) is 6.07 Å². The molecule has 0 aliphatic carbocycles. The molecule has 0 radical (unpaired) electrons. The van der Waals surface area contributed by atoms with E-state index in [2.05, 4.69) is 19.9 Å². The van der Waals surface area contributed by atoms with Gasteiger partial charge in [-0.15, -0.1) is 0 Å². The highest BCUT2D eigenvalue weighted by molar-refractivity contribution is 6.60. The molecular weight excluding hydrogens is 296 g/mol. The second-order valence-corrected chi connectivity index (χ2v) is 7.90. The summed E-state index contributed by atoms with van der Waals surface area (Å²) in [6, 6.07) is 4.91. The Hall–Kier alpha value is -0.883. The topological polar surface area (TPSA) is 36.9 Å². The lowest BCUT2D eigenvalue weighted by atomic mass is 10.00. The lowest BCUT2D eigenvalue weighted by Gasteiger charge is -2.29. The Balaban J connectivity index is 2.97. The summed E-state index contributed by atoms with van der Waals surface area (Å²) in [5.74, 6) is 0.928. The Morgan fingerprint density at radius 1 is 0.909 bits per heavy atom. The van der Waals surface area contributed by atoms with Gasteiger partial charge >= 0.3 is 8.80 Å². The molecule has 0 unspecified atom stereocenters. The molecule has 0 N–H and O–H groups in total. The molecule has 0 bridgehead atoms. The Kier molecular flexibility index (Phi) is 8.10. The van der Waals surface area contributed by atoms with E-state index in [4.69, 9.17) is 18.0 Å². The van der Waals surface area contributed by atoms with Crippen LogP contribution in [0.2, 0.25) is 6.04 Å². The van der Waals surface area contributed by atoms with Crippen LogP contribution < -0.4 is 4.74 Å². The number of hydrogen-bond acceptors (Lipinski definition) is 4. The Labute approximate surface area is 136 Å². The van der Waals surface area contributed by atoms with E-state index in [-0.39, 0.29) is 0 Å². The first kappa shape index (κ1) is 19.2. The monoisotopic (exact) mass is 326 g/mol. The molecule has 0 heterocycles. The molecule has 0 fully saturated rings. The highest BCUT2D eigenvalue weighted by atomic mass is 28.4. The Bertz CT molecular complexity index is 445. The zero-order chi connectivity index (χ0) is 16.6. The van der Waals surface area contributed by atoms with Crippen molar-refractivity contribution in [3.05, 3.63) is 28.8 Å². The van der Waals surface area contributed by atoms with Crippen molar-refractivity contribution in [2.24, 2.45) is 0 Å². The number of aryl methyl sites for hydroxylation is 1. The predicted octanol–water partition coefficient (Wildman–Crippen LogP) is 3.90. The first-order valence-corrected chi connectivity index (χ1v) is 10.0. The van der Waals surface area contributed by atoms with E-state index in [9.17, 15) is 0 Å². The molecule has 22 heavy (non-hydrogen) atoms. The fourth-order valence-corrected chi connectivity index (χ4v) is 5.31. The maximum absolute atomic E-state index is 5.93. The highest BCUT2D eigenvalue weighted by Crippen LogP contribution is 2.28. The number of hydrogen-bond donors (Lipinski definition) is 0. The quantitative estimate of drug-likeness (QED) is 0.611.